The molecule has 7 nitrogen and oxygen atoms in total. The first-order valence-corrected chi connectivity index (χ1v) is 8.83. The number of rotatable bonds is 4. The van der Waals surface area contributed by atoms with Gasteiger partial charge in [-0.15, -0.1) is 0 Å². The van der Waals surface area contributed by atoms with E-state index < -0.39 is 6.09 Å². The first-order chi connectivity index (χ1) is 12.7. The number of hydrogen-bond donors (Lipinski definition) is 1. The normalized spacial score (nSPS) is 19.0. The second kappa shape index (κ2) is 7.11. The Labute approximate surface area is 151 Å². The molecule has 134 valence electrons. The first-order valence-electron chi connectivity index (χ1n) is 8.83. The maximum Gasteiger partial charge on any atom is 0.410 e. The van der Waals surface area contributed by atoms with E-state index in [1.807, 2.05) is 36.5 Å². The average Bonchev–Trinajstić information content (AvgIpc) is 3.07. The van der Waals surface area contributed by atoms with Crippen LogP contribution in [0.5, 0.6) is 0 Å². The smallest absolute Gasteiger partial charge is 0.410 e. The van der Waals surface area contributed by atoms with Crippen LogP contribution in [-0.4, -0.2) is 46.6 Å². The molecule has 1 aliphatic heterocycles. The van der Waals surface area contributed by atoms with Crippen molar-refractivity contribution in [2.24, 2.45) is 0 Å². The van der Waals surface area contributed by atoms with Gasteiger partial charge < -0.3 is 10.1 Å². The Morgan fingerprint density at radius 3 is 2.92 bits per heavy atom. The van der Waals surface area contributed by atoms with Gasteiger partial charge in [-0.2, -0.15) is 0 Å². The summed E-state index contributed by atoms with van der Waals surface area (Å²) in [5.74, 6) is 0.518. The lowest BCUT2D eigenvalue weighted by atomic mass is 9.92. The Bertz CT molecular complexity index is 825. The van der Waals surface area contributed by atoms with E-state index in [-0.39, 0.29) is 18.5 Å². The summed E-state index contributed by atoms with van der Waals surface area (Å²) < 4.78 is 4.85. The van der Waals surface area contributed by atoms with Crippen molar-refractivity contribution in [1.29, 1.82) is 0 Å². The molecule has 26 heavy (non-hydrogen) atoms. The van der Waals surface area contributed by atoms with E-state index >= 15 is 0 Å². The Kier molecular flexibility index (Phi) is 4.51. The molecule has 2 heterocycles. The third kappa shape index (κ3) is 3.37. The zero-order chi connectivity index (χ0) is 17.9. The quantitative estimate of drug-likeness (QED) is 0.911. The highest BCUT2D eigenvalue weighted by Crippen LogP contribution is 2.29. The number of aromatic nitrogens is 2. The van der Waals surface area contributed by atoms with Crippen molar-refractivity contribution < 1.29 is 14.3 Å². The summed E-state index contributed by atoms with van der Waals surface area (Å²) in [5.41, 5.74) is 2.93. The Morgan fingerprint density at radius 1 is 1.31 bits per heavy atom. The predicted molar refractivity (Wildman–Crippen MR) is 94.2 cm³/mol. The van der Waals surface area contributed by atoms with Gasteiger partial charge in [0.2, 0.25) is 5.91 Å². The minimum atomic E-state index is -0.431. The van der Waals surface area contributed by atoms with Gasteiger partial charge in [-0.05, 0) is 19.3 Å². The molecule has 1 unspecified atom stereocenters. The monoisotopic (exact) mass is 352 g/mol. The SMILES string of the molecule is O=C(CN1CCOC1=O)NC1CCCc2nc(-c3ccccc3)ncc21. The van der Waals surface area contributed by atoms with Crippen molar-refractivity contribution in [2.75, 3.05) is 19.7 Å². The number of cyclic esters (lactones) is 1. The van der Waals surface area contributed by atoms with Gasteiger partial charge in [0, 0.05) is 23.0 Å². The molecule has 1 aromatic heterocycles. The van der Waals surface area contributed by atoms with Crippen LogP contribution in [0.15, 0.2) is 36.5 Å². The minimum absolute atomic E-state index is 0.0215. The lowest BCUT2D eigenvalue weighted by Gasteiger charge is -2.26. The van der Waals surface area contributed by atoms with Crippen LogP contribution < -0.4 is 5.32 Å². The molecule has 1 N–H and O–H groups in total. The van der Waals surface area contributed by atoms with Crippen LogP contribution in [0.3, 0.4) is 0 Å². The summed E-state index contributed by atoms with van der Waals surface area (Å²) in [5, 5.41) is 3.01. The topological polar surface area (TPSA) is 84.4 Å². The number of nitrogens with one attached hydrogen (secondary N) is 1. The molecule has 1 aromatic carbocycles. The van der Waals surface area contributed by atoms with E-state index in [9.17, 15) is 9.59 Å². The number of carbonyl (C=O) groups excluding carboxylic acids is 2. The van der Waals surface area contributed by atoms with E-state index in [0.717, 1.165) is 36.1 Å². The van der Waals surface area contributed by atoms with E-state index in [1.165, 1.54) is 4.90 Å². The maximum atomic E-state index is 12.3. The standard InChI is InChI=1S/C19H20N4O3/c24-17(12-23-9-10-26-19(23)25)21-15-7-4-8-16-14(15)11-20-18(22-16)13-5-2-1-3-6-13/h1-3,5-6,11,15H,4,7-10,12H2,(H,21,24). The molecule has 1 saturated heterocycles. The summed E-state index contributed by atoms with van der Waals surface area (Å²) in [7, 11) is 0. The van der Waals surface area contributed by atoms with Gasteiger partial charge in [-0.1, -0.05) is 30.3 Å². The van der Waals surface area contributed by atoms with Gasteiger partial charge in [-0.3, -0.25) is 9.69 Å². The molecule has 0 radical (unpaired) electrons. The maximum absolute atomic E-state index is 12.3. The molecular weight excluding hydrogens is 332 g/mol. The highest BCUT2D eigenvalue weighted by Gasteiger charge is 2.27. The fourth-order valence-electron chi connectivity index (χ4n) is 3.41. The largest absolute Gasteiger partial charge is 0.448 e. The van der Waals surface area contributed by atoms with Crippen molar-refractivity contribution in [3.8, 4) is 11.4 Å². The summed E-state index contributed by atoms with van der Waals surface area (Å²) in [6, 6.07) is 9.74. The lowest BCUT2D eigenvalue weighted by molar-refractivity contribution is -0.122. The van der Waals surface area contributed by atoms with Crippen LogP contribution in [0.2, 0.25) is 0 Å². The Hall–Kier alpha value is -2.96. The zero-order valence-corrected chi connectivity index (χ0v) is 14.4. The highest BCUT2D eigenvalue weighted by atomic mass is 16.6. The summed E-state index contributed by atoms with van der Waals surface area (Å²) >= 11 is 0. The van der Waals surface area contributed by atoms with Crippen molar-refractivity contribution in [2.45, 2.75) is 25.3 Å². The van der Waals surface area contributed by atoms with Crippen LogP contribution in [0, 0.1) is 0 Å². The molecule has 1 aliphatic carbocycles. The molecule has 1 atom stereocenters. The predicted octanol–water partition coefficient (Wildman–Crippen LogP) is 2.09. The highest BCUT2D eigenvalue weighted by molar-refractivity contribution is 5.83. The number of hydrogen-bond acceptors (Lipinski definition) is 5. The van der Waals surface area contributed by atoms with Gasteiger partial charge in [-0.25, -0.2) is 14.8 Å². The van der Waals surface area contributed by atoms with Crippen molar-refractivity contribution in [3.63, 3.8) is 0 Å². The van der Waals surface area contributed by atoms with E-state index in [2.05, 4.69) is 10.3 Å². The van der Waals surface area contributed by atoms with Crippen LogP contribution in [0.25, 0.3) is 11.4 Å². The molecule has 0 saturated carbocycles. The van der Waals surface area contributed by atoms with Crippen molar-refractivity contribution in [1.82, 2.24) is 20.2 Å². The second-order valence-electron chi connectivity index (χ2n) is 6.51. The summed E-state index contributed by atoms with van der Waals surface area (Å²) in [6.07, 6.45) is 4.06. The molecule has 0 bridgehead atoms. The molecule has 4 rings (SSSR count). The molecule has 0 spiro atoms. The number of fused-ring (bicyclic) bond motifs is 1. The van der Waals surface area contributed by atoms with Crippen molar-refractivity contribution in [3.05, 3.63) is 47.8 Å². The second-order valence-corrected chi connectivity index (χ2v) is 6.51. The Balaban J connectivity index is 1.48. The lowest BCUT2D eigenvalue weighted by Crippen LogP contribution is -2.40. The molecule has 2 aliphatic rings. The van der Waals surface area contributed by atoms with E-state index in [4.69, 9.17) is 9.72 Å². The van der Waals surface area contributed by atoms with Gasteiger partial charge in [0.05, 0.1) is 12.6 Å². The fourth-order valence-corrected chi connectivity index (χ4v) is 3.41. The number of aryl methyl sites for hydroxylation is 1. The third-order valence-corrected chi connectivity index (χ3v) is 4.73. The molecule has 2 amide bonds. The molecule has 1 fully saturated rings. The number of benzene rings is 1. The summed E-state index contributed by atoms with van der Waals surface area (Å²) in [6.45, 7) is 0.819. The van der Waals surface area contributed by atoms with Crippen LogP contribution in [0.4, 0.5) is 4.79 Å². The van der Waals surface area contributed by atoms with E-state index in [1.54, 1.807) is 0 Å². The van der Waals surface area contributed by atoms with Gasteiger partial charge in [0.25, 0.3) is 0 Å². The van der Waals surface area contributed by atoms with Crippen LogP contribution in [-0.2, 0) is 16.0 Å². The average molecular weight is 352 g/mol. The minimum Gasteiger partial charge on any atom is -0.448 e. The molecule has 7 heteroatoms. The van der Waals surface area contributed by atoms with Crippen molar-refractivity contribution >= 4 is 12.0 Å². The Morgan fingerprint density at radius 2 is 2.15 bits per heavy atom. The number of carbonyl (C=O) groups is 2. The van der Waals surface area contributed by atoms with Gasteiger partial charge >= 0.3 is 6.09 Å². The third-order valence-electron chi connectivity index (χ3n) is 4.73. The first kappa shape index (κ1) is 16.5. The number of nitrogens with zero attached hydrogens (tertiary/aromatic N) is 3. The van der Waals surface area contributed by atoms with Gasteiger partial charge in [0.15, 0.2) is 5.82 Å². The molecular formula is C19H20N4O3. The van der Waals surface area contributed by atoms with E-state index in [0.29, 0.717) is 19.0 Å². The zero-order valence-electron chi connectivity index (χ0n) is 14.4. The number of amides is 2. The molecule has 2 aromatic rings. The summed E-state index contributed by atoms with van der Waals surface area (Å²) in [4.78, 5) is 34.4. The van der Waals surface area contributed by atoms with Crippen LogP contribution in [0.1, 0.15) is 30.1 Å². The van der Waals surface area contributed by atoms with Gasteiger partial charge in [0.1, 0.15) is 13.2 Å². The van der Waals surface area contributed by atoms with Crippen LogP contribution >= 0.6 is 0 Å². The fraction of sp³-hybridized carbons (Fsp3) is 0.368. The number of ether oxygens (including phenoxy) is 1.